The second-order valence-electron chi connectivity index (χ2n) is 7.06. The molecule has 3 aromatic rings. The Hall–Kier alpha value is -2.95. The molecule has 0 spiro atoms. The molecule has 11 heteroatoms. The third kappa shape index (κ3) is 5.45. The highest BCUT2D eigenvalue weighted by Crippen LogP contribution is 2.38. The van der Waals surface area contributed by atoms with E-state index in [2.05, 4.69) is 4.98 Å². The van der Waals surface area contributed by atoms with Gasteiger partial charge in [-0.15, -0.1) is 12.4 Å². The lowest BCUT2D eigenvalue weighted by Crippen LogP contribution is -2.33. The van der Waals surface area contributed by atoms with Crippen LogP contribution in [0.15, 0.2) is 36.4 Å². The van der Waals surface area contributed by atoms with Crippen LogP contribution in [0, 0.1) is 10.1 Å². The number of aromatic nitrogens is 1. The number of ether oxygens (including phenoxy) is 2. The van der Waals surface area contributed by atoms with Gasteiger partial charge in [-0.2, -0.15) is 0 Å². The van der Waals surface area contributed by atoms with E-state index in [0.29, 0.717) is 35.1 Å². The van der Waals surface area contributed by atoms with E-state index in [1.54, 1.807) is 32.4 Å². The van der Waals surface area contributed by atoms with E-state index in [1.165, 1.54) is 28.4 Å². The van der Waals surface area contributed by atoms with Crippen LogP contribution in [0.3, 0.4) is 0 Å². The summed E-state index contributed by atoms with van der Waals surface area (Å²) in [4.78, 5) is 32.5. The molecule has 0 aliphatic heterocycles. The van der Waals surface area contributed by atoms with Crippen LogP contribution in [0.25, 0.3) is 10.2 Å². The monoisotopic (exact) mass is 480 g/mol. The van der Waals surface area contributed by atoms with E-state index in [1.807, 2.05) is 25.1 Å². The fourth-order valence-corrected chi connectivity index (χ4v) is 4.15. The van der Waals surface area contributed by atoms with Crippen molar-refractivity contribution in [3.8, 4) is 11.5 Å². The average molecular weight is 481 g/mol. The number of methoxy groups -OCH3 is 2. The number of nitro benzene ring substituents is 1. The first-order valence-electron chi connectivity index (χ1n) is 9.58. The summed E-state index contributed by atoms with van der Waals surface area (Å²) >= 11 is 1.33. The number of fused-ring (bicyclic) bond motifs is 1. The van der Waals surface area contributed by atoms with E-state index in [-0.39, 0.29) is 23.7 Å². The van der Waals surface area contributed by atoms with Crippen molar-refractivity contribution in [3.05, 3.63) is 52.1 Å². The number of anilines is 1. The van der Waals surface area contributed by atoms with Gasteiger partial charge in [-0.05, 0) is 33.1 Å². The fourth-order valence-electron chi connectivity index (χ4n) is 3.15. The van der Waals surface area contributed by atoms with Crippen molar-refractivity contribution < 1.29 is 19.2 Å². The number of halogens is 1. The van der Waals surface area contributed by atoms with Gasteiger partial charge in [0.1, 0.15) is 5.56 Å². The first-order chi connectivity index (χ1) is 14.8. The minimum Gasteiger partial charge on any atom is -0.493 e. The van der Waals surface area contributed by atoms with Gasteiger partial charge < -0.3 is 14.4 Å². The van der Waals surface area contributed by atoms with Crippen LogP contribution < -0.4 is 14.4 Å². The lowest BCUT2D eigenvalue weighted by molar-refractivity contribution is -0.385. The number of amides is 1. The number of hydrogen-bond donors (Lipinski definition) is 0. The Labute approximate surface area is 196 Å². The zero-order valence-electron chi connectivity index (χ0n) is 18.2. The Morgan fingerprint density at radius 2 is 1.78 bits per heavy atom. The summed E-state index contributed by atoms with van der Waals surface area (Å²) < 4.78 is 11.5. The van der Waals surface area contributed by atoms with Crippen molar-refractivity contribution in [2.24, 2.45) is 0 Å². The second kappa shape index (κ2) is 11.1. The zero-order valence-corrected chi connectivity index (χ0v) is 19.9. The Balaban J connectivity index is 0.00000363. The van der Waals surface area contributed by atoms with Crippen LogP contribution in [0.1, 0.15) is 16.8 Å². The van der Waals surface area contributed by atoms with Gasteiger partial charge in [-0.3, -0.25) is 19.8 Å². The molecule has 0 unspecified atom stereocenters. The Morgan fingerprint density at radius 1 is 1.12 bits per heavy atom. The van der Waals surface area contributed by atoms with Crippen LogP contribution in [0.4, 0.5) is 10.8 Å². The number of nitro groups is 1. The second-order valence-corrected chi connectivity index (χ2v) is 8.07. The minimum absolute atomic E-state index is 0. The van der Waals surface area contributed by atoms with Gasteiger partial charge in [-0.1, -0.05) is 23.5 Å². The lowest BCUT2D eigenvalue weighted by atomic mass is 10.1. The maximum absolute atomic E-state index is 13.4. The predicted octanol–water partition coefficient (Wildman–Crippen LogP) is 4.24. The number of nitrogens with zero attached hydrogens (tertiary/aromatic N) is 4. The number of hydrogen-bond acceptors (Lipinski definition) is 8. The summed E-state index contributed by atoms with van der Waals surface area (Å²) in [5.41, 5.74) is 0.465. The maximum Gasteiger partial charge on any atom is 0.282 e. The average Bonchev–Trinajstić information content (AvgIpc) is 3.17. The molecular weight excluding hydrogens is 456 g/mol. The van der Waals surface area contributed by atoms with Crippen LogP contribution in [-0.4, -0.2) is 62.1 Å². The normalized spacial score (nSPS) is 10.7. The van der Waals surface area contributed by atoms with Gasteiger partial charge in [0.25, 0.3) is 11.6 Å². The standard InChI is InChI=1S/C21H24N4O5S.ClH/c1-23(2)10-7-11-24(20(26)14-8-5-6-9-16(14)25(27)28)21-22-15-12-17(29-3)18(30-4)13-19(15)31-21;/h5-6,8-9,12-13H,7,10-11H2,1-4H3;1H. The summed E-state index contributed by atoms with van der Waals surface area (Å²) in [7, 11) is 6.99. The quantitative estimate of drug-likeness (QED) is 0.333. The number of para-hydroxylation sites is 1. The molecule has 32 heavy (non-hydrogen) atoms. The highest BCUT2D eigenvalue weighted by molar-refractivity contribution is 7.22. The van der Waals surface area contributed by atoms with Crippen LogP contribution in [0.2, 0.25) is 0 Å². The van der Waals surface area contributed by atoms with Crippen molar-refractivity contribution in [3.63, 3.8) is 0 Å². The molecule has 9 nitrogen and oxygen atoms in total. The summed E-state index contributed by atoms with van der Waals surface area (Å²) in [5.74, 6) is 0.648. The molecule has 0 N–H and O–H groups in total. The van der Waals surface area contributed by atoms with Crippen LogP contribution in [0.5, 0.6) is 11.5 Å². The highest BCUT2D eigenvalue weighted by atomic mass is 35.5. The third-order valence-electron chi connectivity index (χ3n) is 4.68. The Bertz CT molecular complexity index is 1060. The molecule has 0 aliphatic rings. The topological polar surface area (TPSA) is 98.0 Å². The minimum atomic E-state index is -0.542. The molecule has 0 bridgehead atoms. The van der Waals surface area contributed by atoms with Gasteiger partial charge in [0.15, 0.2) is 16.6 Å². The molecule has 0 saturated heterocycles. The number of carbonyl (C=O) groups excluding carboxylic acids is 1. The number of carbonyl (C=O) groups is 1. The van der Waals surface area contributed by atoms with E-state index < -0.39 is 10.8 Å². The largest absolute Gasteiger partial charge is 0.493 e. The molecular formula is C21H25ClN4O5S. The number of thiazole rings is 1. The van der Waals surface area contributed by atoms with Gasteiger partial charge in [0, 0.05) is 24.7 Å². The molecule has 2 aromatic carbocycles. The molecule has 1 aromatic heterocycles. The first kappa shape index (κ1) is 25.3. The highest BCUT2D eigenvalue weighted by Gasteiger charge is 2.27. The van der Waals surface area contributed by atoms with E-state index >= 15 is 0 Å². The maximum atomic E-state index is 13.4. The molecule has 1 heterocycles. The van der Waals surface area contributed by atoms with E-state index in [4.69, 9.17) is 9.47 Å². The summed E-state index contributed by atoms with van der Waals surface area (Å²) in [5, 5.41) is 11.9. The van der Waals surface area contributed by atoms with Crippen LogP contribution >= 0.6 is 23.7 Å². The molecule has 0 atom stereocenters. The van der Waals surface area contributed by atoms with Crippen molar-refractivity contribution >= 4 is 50.7 Å². The van der Waals surface area contributed by atoms with Crippen LogP contribution in [-0.2, 0) is 0 Å². The lowest BCUT2D eigenvalue weighted by Gasteiger charge is -2.21. The van der Waals surface area contributed by atoms with Crippen molar-refractivity contribution in [2.45, 2.75) is 6.42 Å². The number of benzene rings is 2. The van der Waals surface area contributed by atoms with Crippen molar-refractivity contribution in [2.75, 3.05) is 46.3 Å². The predicted molar refractivity (Wildman–Crippen MR) is 128 cm³/mol. The van der Waals surface area contributed by atoms with E-state index in [9.17, 15) is 14.9 Å². The van der Waals surface area contributed by atoms with Gasteiger partial charge in [-0.25, -0.2) is 4.98 Å². The fraction of sp³-hybridized carbons (Fsp3) is 0.333. The molecule has 0 aliphatic carbocycles. The SMILES string of the molecule is COc1cc2nc(N(CCCN(C)C)C(=O)c3ccccc3[N+](=O)[O-])sc2cc1OC.Cl. The molecule has 172 valence electrons. The van der Waals surface area contributed by atoms with Gasteiger partial charge in [0.2, 0.25) is 0 Å². The van der Waals surface area contributed by atoms with Crippen molar-refractivity contribution in [1.82, 2.24) is 9.88 Å². The summed E-state index contributed by atoms with van der Waals surface area (Å²) in [6.45, 7) is 1.13. The van der Waals surface area contributed by atoms with Gasteiger partial charge in [0.05, 0.1) is 29.4 Å². The smallest absolute Gasteiger partial charge is 0.282 e. The third-order valence-corrected chi connectivity index (χ3v) is 5.72. The van der Waals surface area contributed by atoms with Gasteiger partial charge >= 0.3 is 0 Å². The molecule has 0 saturated carbocycles. The number of rotatable bonds is 9. The molecule has 1 amide bonds. The first-order valence-corrected chi connectivity index (χ1v) is 10.4. The summed E-state index contributed by atoms with van der Waals surface area (Å²) in [6.07, 6.45) is 0.682. The molecule has 0 fully saturated rings. The Kier molecular flexibility index (Phi) is 8.76. The van der Waals surface area contributed by atoms with Crippen molar-refractivity contribution in [1.29, 1.82) is 0 Å². The molecule has 0 radical (unpaired) electrons. The zero-order chi connectivity index (χ0) is 22.5. The Morgan fingerprint density at radius 3 is 2.41 bits per heavy atom. The van der Waals surface area contributed by atoms with E-state index in [0.717, 1.165) is 11.2 Å². The molecule has 3 rings (SSSR count). The summed E-state index contributed by atoms with van der Waals surface area (Å²) in [6, 6.07) is 9.52.